The molecule has 3 rings (SSSR count). The van der Waals surface area contributed by atoms with E-state index in [4.69, 9.17) is 10.7 Å². The number of hydrogen-bond acceptors (Lipinski definition) is 3. The van der Waals surface area contributed by atoms with Crippen LogP contribution in [0.25, 0.3) is 11.3 Å². The lowest BCUT2D eigenvalue weighted by molar-refractivity contribution is 0.635. The maximum absolute atomic E-state index is 6.24. The molecule has 102 valence electrons. The number of aryl methyl sites for hydroxylation is 1. The maximum Gasteiger partial charge on any atom is 0.131 e. The second-order valence-electron chi connectivity index (χ2n) is 5.51. The fourth-order valence-electron chi connectivity index (χ4n) is 3.01. The summed E-state index contributed by atoms with van der Waals surface area (Å²) in [4.78, 5) is 4.82. The van der Waals surface area contributed by atoms with Gasteiger partial charge in [0.05, 0.1) is 6.20 Å². The van der Waals surface area contributed by atoms with E-state index in [0.29, 0.717) is 5.92 Å². The van der Waals surface area contributed by atoms with Crippen molar-refractivity contribution in [1.82, 2.24) is 19.3 Å². The monoisotopic (exact) mass is 259 g/mol. The van der Waals surface area contributed by atoms with Crippen molar-refractivity contribution in [3.8, 4) is 11.3 Å². The standard InChI is InChI=1S/C14H21N5/c1-9-11(8-16-19(9)3)12-13(15)18(2)14(17-12)10-6-4-5-7-10/h8,10H,4-7,15H2,1-3H3. The van der Waals surface area contributed by atoms with Crippen molar-refractivity contribution < 1.29 is 0 Å². The SMILES string of the molecule is Cc1c(-c2nc(C3CCCC3)n(C)c2N)cnn1C. The Morgan fingerprint density at radius 2 is 1.95 bits per heavy atom. The molecule has 0 spiro atoms. The van der Waals surface area contributed by atoms with Crippen LogP contribution in [0.15, 0.2) is 6.20 Å². The van der Waals surface area contributed by atoms with Crippen LogP contribution >= 0.6 is 0 Å². The van der Waals surface area contributed by atoms with Crippen LogP contribution < -0.4 is 5.73 Å². The first-order valence-electron chi connectivity index (χ1n) is 6.90. The van der Waals surface area contributed by atoms with Gasteiger partial charge in [0.2, 0.25) is 0 Å². The summed E-state index contributed by atoms with van der Waals surface area (Å²) in [5, 5.41) is 4.28. The van der Waals surface area contributed by atoms with E-state index in [1.165, 1.54) is 25.7 Å². The van der Waals surface area contributed by atoms with Crippen molar-refractivity contribution in [2.24, 2.45) is 14.1 Å². The summed E-state index contributed by atoms with van der Waals surface area (Å²) in [6.07, 6.45) is 6.93. The topological polar surface area (TPSA) is 61.7 Å². The summed E-state index contributed by atoms with van der Waals surface area (Å²) in [5.74, 6) is 2.45. The first-order valence-corrected chi connectivity index (χ1v) is 6.90. The average Bonchev–Trinajstić information content (AvgIpc) is 3.08. The van der Waals surface area contributed by atoms with Gasteiger partial charge >= 0.3 is 0 Å². The fraction of sp³-hybridized carbons (Fsp3) is 0.571. The molecule has 1 aliphatic carbocycles. The van der Waals surface area contributed by atoms with Crippen molar-refractivity contribution in [2.45, 2.75) is 38.5 Å². The van der Waals surface area contributed by atoms with Crippen molar-refractivity contribution in [3.05, 3.63) is 17.7 Å². The highest BCUT2D eigenvalue weighted by Gasteiger charge is 2.25. The van der Waals surface area contributed by atoms with Gasteiger partial charge in [0, 0.05) is 31.3 Å². The first-order chi connectivity index (χ1) is 9.09. The van der Waals surface area contributed by atoms with Gasteiger partial charge in [0.15, 0.2) is 0 Å². The van der Waals surface area contributed by atoms with E-state index in [1.807, 2.05) is 31.9 Å². The van der Waals surface area contributed by atoms with E-state index in [9.17, 15) is 0 Å². The zero-order chi connectivity index (χ0) is 13.6. The Hall–Kier alpha value is -1.78. The second-order valence-corrected chi connectivity index (χ2v) is 5.51. The minimum absolute atomic E-state index is 0.568. The minimum atomic E-state index is 0.568. The smallest absolute Gasteiger partial charge is 0.131 e. The summed E-state index contributed by atoms with van der Waals surface area (Å²) in [6.45, 7) is 2.05. The molecule has 2 aromatic rings. The molecule has 0 aliphatic heterocycles. The van der Waals surface area contributed by atoms with Crippen molar-refractivity contribution in [1.29, 1.82) is 0 Å². The largest absolute Gasteiger partial charge is 0.383 e. The minimum Gasteiger partial charge on any atom is -0.383 e. The summed E-state index contributed by atoms with van der Waals surface area (Å²) in [7, 11) is 3.96. The zero-order valence-electron chi connectivity index (χ0n) is 11.8. The van der Waals surface area contributed by atoms with E-state index in [-0.39, 0.29) is 0 Å². The molecule has 0 amide bonds. The first kappa shape index (κ1) is 12.3. The molecule has 19 heavy (non-hydrogen) atoms. The predicted octanol–water partition coefficient (Wildman–Crippen LogP) is 2.37. The van der Waals surface area contributed by atoms with Crippen LogP contribution in [0, 0.1) is 6.92 Å². The van der Waals surface area contributed by atoms with Crippen LogP contribution in [0.4, 0.5) is 5.82 Å². The molecule has 1 saturated carbocycles. The molecule has 0 unspecified atom stereocenters. The summed E-state index contributed by atoms with van der Waals surface area (Å²) in [5.41, 5.74) is 9.27. The summed E-state index contributed by atoms with van der Waals surface area (Å²) < 4.78 is 3.91. The van der Waals surface area contributed by atoms with Gasteiger partial charge in [-0.3, -0.25) is 4.68 Å². The van der Waals surface area contributed by atoms with Gasteiger partial charge in [-0.05, 0) is 19.8 Å². The highest BCUT2D eigenvalue weighted by molar-refractivity contribution is 5.72. The Labute approximate surface area is 113 Å². The van der Waals surface area contributed by atoms with Gasteiger partial charge in [-0.1, -0.05) is 12.8 Å². The molecule has 0 saturated heterocycles. The number of anilines is 1. The fourth-order valence-corrected chi connectivity index (χ4v) is 3.01. The van der Waals surface area contributed by atoms with Gasteiger partial charge in [0.25, 0.3) is 0 Å². The van der Waals surface area contributed by atoms with Crippen molar-refractivity contribution >= 4 is 5.82 Å². The molecular weight excluding hydrogens is 238 g/mol. The van der Waals surface area contributed by atoms with Crippen LogP contribution in [0.5, 0.6) is 0 Å². The second kappa shape index (κ2) is 4.40. The lowest BCUT2D eigenvalue weighted by atomic mass is 10.1. The molecular formula is C14H21N5. The van der Waals surface area contributed by atoms with Crippen LogP contribution in [0.1, 0.15) is 43.1 Å². The Morgan fingerprint density at radius 3 is 2.53 bits per heavy atom. The van der Waals surface area contributed by atoms with Crippen LogP contribution in [-0.4, -0.2) is 19.3 Å². The molecule has 0 atom stereocenters. The van der Waals surface area contributed by atoms with Gasteiger partial charge in [0.1, 0.15) is 17.3 Å². The van der Waals surface area contributed by atoms with Gasteiger partial charge in [-0.15, -0.1) is 0 Å². The van der Waals surface area contributed by atoms with E-state index < -0.39 is 0 Å². The maximum atomic E-state index is 6.24. The molecule has 0 radical (unpaired) electrons. The highest BCUT2D eigenvalue weighted by Crippen LogP contribution is 2.37. The van der Waals surface area contributed by atoms with E-state index in [1.54, 1.807) is 0 Å². The normalized spacial score (nSPS) is 16.4. The quantitative estimate of drug-likeness (QED) is 0.900. The molecule has 2 N–H and O–H groups in total. The number of aromatic nitrogens is 4. The third-order valence-electron chi connectivity index (χ3n) is 4.38. The Balaban J connectivity index is 2.07. The molecule has 2 aromatic heterocycles. The van der Waals surface area contributed by atoms with Crippen molar-refractivity contribution in [3.63, 3.8) is 0 Å². The number of rotatable bonds is 2. The zero-order valence-corrected chi connectivity index (χ0v) is 11.8. The number of nitrogens with zero attached hydrogens (tertiary/aromatic N) is 4. The lowest BCUT2D eigenvalue weighted by Gasteiger charge is -2.08. The Kier molecular flexibility index (Phi) is 2.84. The Morgan fingerprint density at radius 1 is 1.26 bits per heavy atom. The van der Waals surface area contributed by atoms with Gasteiger partial charge in [-0.25, -0.2) is 4.98 Å². The van der Waals surface area contributed by atoms with E-state index in [0.717, 1.165) is 28.6 Å². The van der Waals surface area contributed by atoms with Crippen molar-refractivity contribution in [2.75, 3.05) is 5.73 Å². The molecule has 5 nitrogen and oxygen atoms in total. The average molecular weight is 259 g/mol. The molecule has 1 aliphatic rings. The predicted molar refractivity (Wildman–Crippen MR) is 75.8 cm³/mol. The molecule has 1 fully saturated rings. The molecule has 5 heteroatoms. The molecule has 2 heterocycles. The highest BCUT2D eigenvalue weighted by atomic mass is 15.3. The molecule has 0 aromatic carbocycles. The number of imidazole rings is 1. The number of nitrogens with two attached hydrogens (primary N) is 1. The van der Waals surface area contributed by atoms with Crippen LogP contribution in [-0.2, 0) is 14.1 Å². The lowest BCUT2D eigenvalue weighted by Crippen LogP contribution is -2.05. The van der Waals surface area contributed by atoms with Crippen LogP contribution in [0.3, 0.4) is 0 Å². The van der Waals surface area contributed by atoms with Gasteiger partial charge in [-0.2, -0.15) is 5.10 Å². The summed E-state index contributed by atoms with van der Waals surface area (Å²) >= 11 is 0. The summed E-state index contributed by atoms with van der Waals surface area (Å²) in [6, 6.07) is 0. The van der Waals surface area contributed by atoms with Crippen LogP contribution in [0.2, 0.25) is 0 Å². The third kappa shape index (κ3) is 1.84. The van der Waals surface area contributed by atoms with Gasteiger partial charge < -0.3 is 10.3 Å². The van der Waals surface area contributed by atoms with E-state index >= 15 is 0 Å². The number of nitrogen functional groups attached to an aromatic ring is 1. The Bertz CT molecular complexity index is 602. The van der Waals surface area contributed by atoms with E-state index in [2.05, 4.69) is 9.67 Å². The number of hydrogen-bond donors (Lipinski definition) is 1. The molecule has 0 bridgehead atoms. The third-order valence-corrected chi connectivity index (χ3v) is 4.38.